The summed E-state index contributed by atoms with van der Waals surface area (Å²) in [5.41, 5.74) is 0. The first kappa shape index (κ1) is 12.4. The molecule has 0 aliphatic rings. The maximum Gasteiger partial charge on any atom is 0.0824 e. The van der Waals surface area contributed by atoms with Crippen LogP contribution < -0.4 is 0 Å². The van der Waals surface area contributed by atoms with Crippen molar-refractivity contribution >= 4 is 27.7 Å². The summed E-state index contributed by atoms with van der Waals surface area (Å²) in [7, 11) is 1.64. The lowest BCUT2D eigenvalue weighted by Gasteiger charge is -2.00. The fourth-order valence-electron chi connectivity index (χ4n) is 0.976. The number of benzene rings is 1. The Balaban J connectivity index is 2.58. The van der Waals surface area contributed by atoms with Crippen molar-refractivity contribution in [2.24, 2.45) is 0 Å². The molecule has 0 radical (unpaired) electrons. The topological polar surface area (TPSA) is 9.23 Å². The number of halogens is 1. The summed E-state index contributed by atoms with van der Waals surface area (Å²) < 4.78 is 5.92. The number of ether oxygens (including phenoxy) is 1. The Morgan fingerprint density at radius 2 is 2.00 bits per heavy atom. The first-order chi connectivity index (χ1) is 7.22. The third kappa shape index (κ3) is 5.09. The van der Waals surface area contributed by atoms with Crippen LogP contribution in [0.4, 0.5) is 0 Å². The third-order valence-electron chi connectivity index (χ3n) is 1.64. The largest absolute Gasteiger partial charge is 0.504 e. The van der Waals surface area contributed by atoms with Crippen LogP contribution in [0.15, 0.2) is 57.0 Å². The number of hydrogen-bond acceptors (Lipinski definition) is 2. The van der Waals surface area contributed by atoms with E-state index in [0.29, 0.717) is 0 Å². The molecule has 1 aromatic carbocycles. The fraction of sp³-hybridized carbons (Fsp3) is 0.167. The Morgan fingerprint density at radius 1 is 1.33 bits per heavy atom. The number of hydrogen-bond donors (Lipinski definition) is 0. The zero-order valence-corrected chi connectivity index (χ0v) is 11.1. The highest BCUT2D eigenvalue weighted by molar-refractivity contribution is 9.10. The molecule has 0 aliphatic carbocycles. The van der Waals surface area contributed by atoms with E-state index < -0.39 is 0 Å². The van der Waals surface area contributed by atoms with Crippen molar-refractivity contribution < 1.29 is 4.74 Å². The molecule has 0 aliphatic heterocycles. The van der Waals surface area contributed by atoms with Gasteiger partial charge >= 0.3 is 0 Å². The molecule has 0 atom stereocenters. The average Bonchev–Trinajstić information content (AvgIpc) is 2.22. The molecule has 0 unspecified atom stereocenters. The Morgan fingerprint density at radius 3 is 2.60 bits per heavy atom. The van der Waals surface area contributed by atoms with E-state index in [1.165, 1.54) is 9.80 Å². The lowest BCUT2D eigenvalue weighted by Crippen LogP contribution is -1.72. The number of allylic oxidation sites excluding steroid dienone is 3. The molecule has 0 saturated carbocycles. The summed E-state index contributed by atoms with van der Waals surface area (Å²) in [5, 5.41) is 0. The molecule has 0 aromatic heterocycles. The summed E-state index contributed by atoms with van der Waals surface area (Å²) in [6, 6.07) is 8.26. The van der Waals surface area contributed by atoms with Crippen molar-refractivity contribution in [2.75, 3.05) is 7.11 Å². The Bertz CT molecular complexity index is 354. The second-order valence-electron chi connectivity index (χ2n) is 2.90. The lowest BCUT2D eigenvalue weighted by atomic mass is 10.4. The molecule has 0 N–H and O–H groups in total. The van der Waals surface area contributed by atoms with E-state index in [2.05, 4.69) is 35.0 Å². The third-order valence-corrected chi connectivity index (χ3v) is 3.13. The zero-order chi connectivity index (χ0) is 11.1. The second kappa shape index (κ2) is 6.75. The second-order valence-corrected chi connectivity index (χ2v) is 5.13. The van der Waals surface area contributed by atoms with Crippen molar-refractivity contribution in [3.8, 4) is 0 Å². The highest BCUT2D eigenvalue weighted by Crippen LogP contribution is 2.27. The van der Waals surface area contributed by atoms with Crippen LogP contribution in [0.3, 0.4) is 0 Å². The molecule has 15 heavy (non-hydrogen) atoms. The molecule has 1 rings (SSSR count). The molecule has 1 aromatic rings. The predicted molar refractivity (Wildman–Crippen MR) is 69.9 cm³/mol. The Labute approximate surface area is 103 Å². The molecule has 0 fully saturated rings. The van der Waals surface area contributed by atoms with Gasteiger partial charge in [0.2, 0.25) is 0 Å². The van der Waals surface area contributed by atoms with Crippen molar-refractivity contribution in [1.82, 2.24) is 0 Å². The SMILES string of the molecule is CO/C=C\C=C(/C)Sc1ccc(Br)cc1. The van der Waals surface area contributed by atoms with Gasteiger partial charge < -0.3 is 4.74 Å². The van der Waals surface area contributed by atoms with Crippen LogP contribution in [0.25, 0.3) is 0 Å². The van der Waals surface area contributed by atoms with Gasteiger partial charge in [0.15, 0.2) is 0 Å². The predicted octanol–water partition coefficient (Wildman–Crippen LogP) is 4.61. The van der Waals surface area contributed by atoms with Crippen LogP contribution in [0.5, 0.6) is 0 Å². The Kier molecular flexibility index (Phi) is 5.58. The molecular formula is C12H13BrOS. The van der Waals surface area contributed by atoms with Crippen molar-refractivity contribution in [3.63, 3.8) is 0 Å². The monoisotopic (exact) mass is 284 g/mol. The maximum absolute atomic E-state index is 4.82. The van der Waals surface area contributed by atoms with Crippen molar-refractivity contribution in [2.45, 2.75) is 11.8 Å². The summed E-state index contributed by atoms with van der Waals surface area (Å²) in [6.45, 7) is 2.08. The van der Waals surface area contributed by atoms with Crippen LogP contribution in [0, 0.1) is 0 Å². The smallest absolute Gasteiger partial charge is 0.0824 e. The first-order valence-corrected chi connectivity index (χ1v) is 6.13. The van der Waals surface area contributed by atoms with E-state index in [1.54, 1.807) is 25.1 Å². The van der Waals surface area contributed by atoms with E-state index in [4.69, 9.17) is 4.74 Å². The average molecular weight is 285 g/mol. The summed E-state index contributed by atoms with van der Waals surface area (Å²) in [6.07, 6.45) is 5.57. The van der Waals surface area contributed by atoms with Crippen molar-refractivity contribution in [1.29, 1.82) is 0 Å². The molecule has 80 valence electrons. The van der Waals surface area contributed by atoms with E-state index in [9.17, 15) is 0 Å². The molecule has 0 amide bonds. The van der Waals surface area contributed by atoms with Crippen LogP contribution in [0.2, 0.25) is 0 Å². The number of methoxy groups -OCH3 is 1. The van der Waals surface area contributed by atoms with E-state index >= 15 is 0 Å². The molecule has 0 spiro atoms. The minimum Gasteiger partial charge on any atom is -0.504 e. The van der Waals surface area contributed by atoms with Crippen LogP contribution in [0.1, 0.15) is 6.92 Å². The van der Waals surface area contributed by atoms with Gasteiger partial charge in [-0.1, -0.05) is 27.7 Å². The van der Waals surface area contributed by atoms with Crippen LogP contribution >= 0.6 is 27.7 Å². The van der Waals surface area contributed by atoms with E-state index in [-0.39, 0.29) is 0 Å². The van der Waals surface area contributed by atoms with Gasteiger partial charge in [0.1, 0.15) is 0 Å². The lowest BCUT2D eigenvalue weighted by molar-refractivity contribution is 0.338. The van der Waals surface area contributed by atoms with Gasteiger partial charge in [-0.2, -0.15) is 0 Å². The van der Waals surface area contributed by atoms with Crippen LogP contribution in [-0.2, 0) is 4.74 Å². The molecule has 0 heterocycles. The quantitative estimate of drug-likeness (QED) is 0.454. The standard InChI is InChI=1S/C12H13BrOS/c1-10(4-3-9-14-2)15-12-7-5-11(13)6-8-12/h3-9H,1-2H3/b9-3-,10-4+. The summed E-state index contributed by atoms with van der Waals surface area (Å²) >= 11 is 5.15. The molecule has 1 nitrogen and oxygen atoms in total. The normalized spacial score (nSPS) is 12.1. The first-order valence-electron chi connectivity index (χ1n) is 4.52. The van der Waals surface area contributed by atoms with Gasteiger partial charge in [-0.05, 0) is 48.2 Å². The van der Waals surface area contributed by atoms with Gasteiger partial charge in [0, 0.05) is 9.37 Å². The maximum atomic E-state index is 4.82. The minimum absolute atomic E-state index is 1.10. The number of thioether (sulfide) groups is 1. The molecule has 0 bridgehead atoms. The molecule has 3 heteroatoms. The van der Waals surface area contributed by atoms with Gasteiger partial charge in [-0.15, -0.1) is 0 Å². The van der Waals surface area contributed by atoms with Gasteiger partial charge in [-0.25, -0.2) is 0 Å². The van der Waals surface area contributed by atoms with Crippen LogP contribution in [-0.4, -0.2) is 7.11 Å². The number of rotatable bonds is 4. The summed E-state index contributed by atoms with van der Waals surface area (Å²) in [4.78, 5) is 2.46. The Hall–Kier alpha value is -0.670. The summed E-state index contributed by atoms with van der Waals surface area (Å²) in [5.74, 6) is 0. The zero-order valence-electron chi connectivity index (χ0n) is 8.74. The highest BCUT2D eigenvalue weighted by Gasteiger charge is 1.94. The molecule has 0 saturated heterocycles. The highest BCUT2D eigenvalue weighted by atomic mass is 79.9. The van der Waals surface area contributed by atoms with Gasteiger partial charge in [-0.3, -0.25) is 0 Å². The van der Waals surface area contributed by atoms with Crippen molar-refractivity contribution in [3.05, 3.63) is 52.1 Å². The van der Waals surface area contributed by atoms with Gasteiger partial charge in [0.05, 0.1) is 13.4 Å². The van der Waals surface area contributed by atoms with E-state index in [0.717, 1.165) is 4.47 Å². The minimum atomic E-state index is 1.10. The fourth-order valence-corrected chi connectivity index (χ4v) is 2.03. The van der Waals surface area contributed by atoms with Gasteiger partial charge in [0.25, 0.3) is 0 Å². The molecular weight excluding hydrogens is 272 g/mol. The van der Waals surface area contributed by atoms with E-state index in [1.807, 2.05) is 24.3 Å².